The molecule has 1 aromatic rings. The molecule has 2 fully saturated rings. The Morgan fingerprint density at radius 1 is 1.19 bits per heavy atom. The zero-order chi connectivity index (χ0) is 14.4. The number of carbonyl (C=O) groups is 1. The highest BCUT2D eigenvalue weighted by Crippen LogP contribution is 2.38. The number of benzene rings is 1. The molecule has 1 aliphatic carbocycles. The van der Waals surface area contributed by atoms with Gasteiger partial charge in [-0.15, -0.1) is 0 Å². The Bertz CT molecular complexity index is 619. The molecule has 3 aliphatic rings. The van der Waals surface area contributed by atoms with E-state index in [1.165, 1.54) is 0 Å². The Morgan fingerprint density at radius 2 is 2.00 bits per heavy atom. The number of hydrogen-bond acceptors (Lipinski definition) is 4. The molecule has 5 nitrogen and oxygen atoms in total. The summed E-state index contributed by atoms with van der Waals surface area (Å²) in [4.78, 5) is 14.4. The average Bonchev–Trinajstić information content (AvgIpc) is 2.95. The van der Waals surface area contributed by atoms with Crippen molar-refractivity contribution >= 4 is 28.9 Å². The Morgan fingerprint density at radius 3 is 2.90 bits per heavy atom. The van der Waals surface area contributed by atoms with Crippen LogP contribution in [0.5, 0.6) is 11.5 Å². The molecule has 0 bridgehead atoms. The van der Waals surface area contributed by atoms with Crippen molar-refractivity contribution in [2.24, 2.45) is 5.92 Å². The summed E-state index contributed by atoms with van der Waals surface area (Å²) in [5.74, 6) is 1.49. The number of hydrogen-bond donors (Lipinski definition) is 1. The van der Waals surface area contributed by atoms with Crippen LogP contribution in [0.15, 0.2) is 18.2 Å². The third-order valence-corrected chi connectivity index (χ3v) is 4.73. The van der Waals surface area contributed by atoms with Gasteiger partial charge in [-0.3, -0.25) is 9.69 Å². The van der Waals surface area contributed by atoms with Gasteiger partial charge in [0.05, 0.1) is 11.6 Å². The summed E-state index contributed by atoms with van der Waals surface area (Å²) in [6.07, 6.45) is 4.22. The molecule has 2 aliphatic heterocycles. The lowest BCUT2D eigenvalue weighted by atomic mass is 9.82. The monoisotopic (exact) mass is 304 g/mol. The fourth-order valence-corrected chi connectivity index (χ4v) is 3.70. The minimum absolute atomic E-state index is 0.0240. The second-order valence-electron chi connectivity index (χ2n) is 5.66. The second-order valence-corrected chi connectivity index (χ2v) is 6.04. The lowest BCUT2D eigenvalue weighted by Gasteiger charge is -2.41. The molecule has 1 aromatic carbocycles. The number of rotatable bonds is 1. The van der Waals surface area contributed by atoms with E-state index in [0.29, 0.717) is 16.6 Å². The SMILES string of the molecule is O=C1C2CCCCC2NC(=S)N1c1ccc2c(c1)OCO2. The van der Waals surface area contributed by atoms with Gasteiger partial charge in [0.2, 0.25) is 12.7 Å². The van der Waals surface area contributed by atoms with E-state index in [9.17, 15) is 4.79 Å². The van der Waals surface area contributed by atoms with Crippen LogP contribution in [-0.4, -0.2) is 23.9 Å². The van der Waals surface area contributed by atoms with Crippen LogP contribution in [0.1, 0.15) is 25.7 Å². The van der Waals surface area contributed by atoms with Crippen LogP contribution >= 0.6 is 12.2 Å². The van der Waals surface area contributed by atoms with E-state index in [2.05, 4.69) is 5.32 Å². The summed E-state index contributed by atoms with van der Waals surface area (Å²) >= 11 is 5.40. The average molecular weight is 304 g/mol. The molecule has 0 radical (unpaired) electrons. The molecular formula is C15H16N2O3S. The Hall–Kier alpha value is -1.82. The van der Waals surface area contributed by atoms with E-state index in [1.54, 1.807) is 4.90 Å². The van der Waals surface area contributed by atoms with E-state index in [0.717, 1.165) is 31.4 Å². The highest BCUT2D eigenvalue weighted by atomic mass is 32.1. The number of amides is 1. The highest BCUT2D eigenvalue weighted by Gasteiger charge is 2.41. The predicted molar refractivity (Wildman–Crippen MR) is 81.5 cm³/mol. The smallest absolute Gasteiger partial charge is 0.238 e. The first kappa shape index (κ1) is 12.9. The molecule has 1 saturated heterocycles. The van der Waals surface area contributed by atoms with Crippen molar-refractivity contribution in [2.45, 2.75) is 31.7 Å². The molecular weight excluding hydrogens is 288 g/mol. The largest absolute Gasteiger partial charge is 0.454 e. The zero-order valence-electron chi connectivity index (χ0n) is 11.5. The lowest BCUT2D eigenvalue weighted by molar-refractivity contribution is -0.123. The van der Waals surface area contributed by atoms with Crippen LogP contribution in [0, 0.1) is 5.92 Å². The third-order valence-electron chi connectivity index (χ3n) is 4.43. The molecule has 4 rings (SSSR count). The predicted octanol–water partition coefficient (Wildman–Crippen LogP) is 2.20. The first-order chi connectivity index (χ1) is 10.2. The van der Waals surface area contributed by atoms with Crippen molar-refractivity contribution in [3.05, 3.63) is 18.2 Å². The van der Waals surface area contributed by atoms with Crippen molar-refractivity contribution < 1.29 is 14.3 Å². The number of carbonyl (C=O) groups excluding carboxylic acids is 1. The Labute approximate surface area is 128 Å². The summed E-state index contributed by atoms with van der Waals surface area (Å²) in [5.41, 5.74) is 0.741. The van der Waals surface area contributed by atoms with Crippen LogP contribution in [0.4, 0.5) is 5.69 Å². The Kier molecular flexibility index (Phi) is 2.99. The van der Waals surface area contributed by atoms with Crippen molar-refractivity contribution in [2.75, 3.05) is 11.7 Å². The molecule has 0 aromatic heterocycles. The van der Waals surface area contributed by atoms with Crippen molar-refractivity contribution in [3.8, 4) is 11.5 Å². The van der Waals surface area contributed by atoms with Crippen LogP contribution in [-0.2, 0) is 4.79 Å². The molecule has 0 spiro atoms. The van der Waals surface area contributed by atoms with Crippen LogP contribution in [0.3, 0.4) is 0 Å². The summed E-state index contributed by atoms with van der Waals surface area (Å²) in [6.45, 7) is 0.222. The molecule has 2 atom stereocenters. The van der Waals surface area contributed by atoms with Gasteiger partial charge in [0.25, 0.3) is 0 Å². The van der Waals surface area contributed by atoms with Gasteiger partial charge in [0.1, 0.15) is 0 Å². The molecule has 1 N–H and O–H groups in total. The second kappa shape index (κ2) is 4.87. The quantitative estimate of drug-likeness (QED) is 0.806. The van der Waals surface area contributed by atoms with Gasteiger partial charge in [0.15, 0.2) is 16.6 Å². The van der Waals surface area contributed by atoms with E-state index in [4.69, 9.17) is 21.7 Å². The van der Waals surface area contributed by atoms with Crippen LogP contribution in [0.25, 0.3) is 0 Å². The van der Waals surface area contributed by atoms with Gasteiger partial charge >= 0.3 is 0 Å². The van der Waals surface area contributed by atoms with E-state index >= 15 is 0 Å². The molecule has 2 unspecified atom stereocenters. The molecule has 110 valence electrons. The van der Waals surface area contributed by atoms with Crippen LogP contribution < -0.4 is 19.7 Å². The van der Waals surface area contributed by atoms with E-state index < -0.39 is 0 Å². The van der Waals surface area contributed by atoms with Crippen molar-refractivity contribution in [3.63, 3.8) is 0 Å². The number of ether oxygens (including phenoxy) is 2. The maximum atomic E-state index is 12.8. The van der Waals surface area contributed by atoms with Crippen molar-refractivity contribution in [1.29, 1.82) is 0 Å². The summed E-state index contributed by atoms with van der Waals surface area (Å²) in [6, 6.07) is 5.68. The summed E-state index contributed by atoms with van der Waals surface area (Å²) in [5, 5.41) is 3.82. The van der Waals surface area contributed by atoms with E-state index in [-0.39, 0.29) is 24.7 Å². The lowest BCUT2D eigenvalue weighted by Crippen LogP contribution is -2.60. The fourth-order valence-electron chi connectivity index (χ4n) is 3.36. The third kappa shape index (κ3) is 2.05. The van der Waals surface area contributed by atoms with E-state index in [1.807, 2.05) is 18.2 Å². The zero-order valence-corrected chi connectivity index (χ0v) is 12.3. The maximum absolute atomic E-state index is 12.8. The summed E-state index contributed by atoms with van der Waals surface area (Å²) < 4.78 is 10.7. The number of nitrogens with zero attached hydrogens (tertiary/aromatic N) is 1. The van der Waals surface area contributed by atoms with Gasteiger partial charge < -0.3 is 14.8 Å². The number of anilines is 1. The van der Waals surface area contributed by atoms with Gasteiger partial charge in [-0.25, -0.2) is 0 Å². The van der Waals surface area contributed by atoms with Gasteiger partial charge in [0, 0.05) is 12.1 Å². The van der Waals surface area contributed by atoms with Gasteiger partial charge in [-0.05, 0) is 37.2 Å². The van der Waals surface area contributed by atoms with Gasteiger partial charge in [-0.1, -0.05) is 12.8 Å². The first-order valence-electron chi connectivity index (χ1n) is 7.28. The number of nitrogens with one attached hydrogen (secondary N) is 1. The van der Waals surface area contributed by atoms with Crippen LogP contribution in [0.2, 0.25) is 0 Å². The van der Waals surface area contributed by atoms with Crippen molar-refractivity contribution in [1.82, 2.24) is 5.32 Å². The molecule has 6 heteroatoms. The number of fused-ring (bicyclic) bond motifs is 2. The number of thiocarbonyl (C=S) groups is 1. The Balaban J connectivity index is 1.67. The molecule has 1 saturated carbocycles. The fraction of sp³-hybridized carbons (Fsp3) is 0.467. The minimum atomic E-state index is 0.0240. The maximum Gasteiger partial charge on any atom is 0.238 e. The summed E-state index contributed by atoms with van der Waals surface area (Å²) in [7, 11) is 0. The minimum Gasteiger partial charge on any atom is -0.454 e. The topological polar surface area (TPSA) is 50.8 Å². The van der Waals surface area contributed by atoms with Gasteiger partial charge in [-0.2, -0.15) is 0 Å². The normalized spacial score (nSPS) is 27.3. The molecule has 1 amide bonds. The highest BCUT2D eigenvalue weighted by molar-refractivity contribution is 7.80. The molecule has 21 heavy (non-hydrogen) atoms. The first-order valence-corrected chi connectivity index (χ1v) is 7.69. The standard InChI is InChI=1S/C15H16N2O3S/c18-14-10-3-1-2-4-11(10)16-15(21)17(14)9-5-6-12-13(7-9)20-8-19-12/h5-7,10-11H,1-4,8H2,(H,16,21). The molecule has 2 heterocycles.